The maximum absolute atomic E-state index is 4.74. The molecule has 0 N–H and O–H groups in total. The molecule has 0 aliphatic heterocycles. The molecular formula is C16H17N3S. The molecular weight excluding hydrogens is 266 g/mol. The van der Waals surface area contributed by atoms with Gasteiger partial charge in [0.2, 0.25) is 0 Å². The summed E-state index contributed by atoms with van der Waals surface area (Å²) in [4.78, 5) is 9.10. The predicted octanol–water partition coefficient (Wildman–Crippen LogP) is 4.31. The Morgan fingerprint density at radius 3 is 2.70 bits per heavy atom. The summed E-state index contributed by atoms with van der Waals surface area (Å²) in [6.07, 6.45) is 1.80. The summed E-state index contributed by atoms with van der Waals surface area (Å²) in [5.74, 6) is 0. The Balaban J connectivity index is 2.03. The van der Waals surface area contributed by atoms with E-state index in [1.807, 2.05) is 18.2 Å². The molecule has 0 saturated carbocycles. The molecule has 0 bridgehead atoms. The van der Waals surface area contributed by atoms with Crippen LogP contribution in [0.4, 0.5) is 0 Å². The summed E-state index contributed by atoms with van der Waals surface area (Å²) >= 11 is 1.65. The highest BCUT2D eigenvalue weighted by Gasteiger charge is 2.13. The van der Waals surface area contributed by atoms with Crippen LogP contribution in [0.3, 0.4) is 0 Å². The fourth-order valence-electron chi connectivity index (χ4n) is 2.55. The average Bonchev–Trinajstić information content (AvgIpc) is 3.05. The van der Waals surface area contributed by atoms with Gasteiger partial charge in [-0.05, 0) is 39.0 Å². The van der Waals surface area contributed by atoms with Gasteiger partial charge in [-0.15, -0.1) is 11.3 Å². The first kappa shape index (κ1) is 13.1. The molecule has 102 valence electrons. The summed E-state index contributed by atoms with van der Waals surface area (Å²) in [5.41, 5.74) is 5.77. The van der Waals surface area contributed by atoms with Crippen LogP contribution >= 0.6 is 11.3 Å². The van der Waals surface area contributed by atoms with Gasteiger partial charge >= 0.3 is 0 Å². The first-order valence-corrected chi connectivity index (χ1v) is 7.62. The van der Waals surface area contributed by atoms with E-state index in [0.29, 0.717) is 0 Å². The lowest BCUT2D eigenvalue weighted by Gasteiger charge is -2.04. The van der Waals surface area contributed by atoms with Crippen LogP contribution in [0.1, 0.15) is 18.3 Å². The van der Waals surface area contributed by atoms with Gasteiger partial charge in [0.15, 0.2) is 0 Å². The molecule has 20 heavy (non-hydrogen) atoms. The standard InChI is InChI=1S/C16H17N3S/c1-4-19-11(2)9-13(12(19)3)15-10-20-16(18-15)14-7-5-6-8-17-14/h5-10H,4H2,1-3H3. The van der Waals surface area contributed by atoms with Crippen LogP contribution in [0, 0.1) is 13.8 Å². The molecule has 0 aromatic carbocycles. The minimum Gasteiger partial charge on any atom is -0.349 e. The van der Waals surface area contributed by atoms with Gasteiger partial charge in [0.25, 0.3) is 0 Å². The highest BCUT2D eigenvalue weighted by Crippen LogP contribution is 2.31. The topological polar surface area (TPSA) is 30.7 Å². The molecule has 3 aromatic heterocycles. The van der Waals surface area contributed by atoms with Crippen molar-refractivity contribution in [2.75, 3.05) is 0 Å². The van der Waals surface area contributed by atoms with Gasteiger partial charge in [-0.3, -0.25) is 4.98 Å². The summed E-state index contributed by atoms with van der Waals surface area (Å²) in [6.45, 7) is 7.47. The number of thiazole rings is 1. The molecule has 0 radical (unpaired) electrons. The second-order valence-electron chi connectivity index (χ2n) is 4.78. The first-order chi connectivity index (χ1) is 9.70. The predicted molar refractivity (Wildman–Crippen MR) is 83.9 cm³/mol. The van der Waals surface area contributed by atoms with Crippen LogP contribution in [-0.4, -0.2) is 14.5 Å². The van der Waals surface area contributed by atoms with E-state index in [1.165, 1.54) is 17.0 Å². The van der Waals surface area contributed by atoms with Crippen molar-refractivity contribution in [1.82, 2.24) is 14.5 Å². The summed E-state index contributed by atoms with van der Waals surface area (Å²) in [6, 6.07) is 8.13. The van der Waals surface area contributed by atoms with Gasteiger partial charge in [0.1, 0.15) is 5.01 Å². The molecule has 0 aliphatic rings. The molecule has 3 heterocycles. The van der Waals surface area contributed by atoms with Gasteiger partial charge < -0.3 is 4.57 Å². The van der Waals surface area contributed by atoms with E-state index in [1.54, 1.807) is 17.5 Å². The molecule has 0 aliphatic carbocycles. The summed E-state index contributed by atoms with van der Waals surface area (Å²) in [7, 11) is 0. The lowest BCUT2D eigenvalue weighted by molar-refractivity contribution is 0.719. The van der Waals surface area contributed by atoms with Crippen molar-refractivity contribution in [2.45, 2.75) is 27.3 Å². The normalized spacial score (nSPS) is 10.9. The maximum Gasteiger partial charge on any atom is 0.142 e. The number of nitrogens with zero attached hydrogens (tertiary/aromatic N) is 3. The molecule has 0 atom stereocenters. The Morgan fingerprint density at radius 2 is 2.05 bits per heavy atom. The number of hydrogen-bond donors (Lipinski definition) is 0. The zero-order valence-electron chi connectivity index (χ0n) is 11.9. The fraction of sp³-hybridized carbons (Fsp3) is 0.250. The summed E-state index contributed by atoms with van der Waals surface area (Å²) in [5, 5.41) is 3.09. The Bertz CT molecular complexity index is 726. The summed E-state index contributed by atoms with van der Waals surface area (Å²) < 4.78 is 2.31. The van der Waals surface area contributed by atoms with Gasteiger partial charge in [0.05, 0.1) is 11.4 Å². The van der Waals surface area contributed by atoms with E-state index in [4.69, 9.17) is 4.98 Å². The molecule has 4 heteroatoms. The maximum atomic E-state index is 4.74. The van der Waals surface area contributed by atoms with E-state index in [2.05, 4.69) is 41.8 Å². The van der Waals surface area contributed by atoms with Crippen molar-refractivity contribution in [2.24, 2.45) is 0 Å². The molecule has 0 saturated heterocycles. The van der Waals surface area contributed by atoms with Crippen LogP contribution in [0.25, 0.3) is 22.0 Å². The van der Waals surface area contributed by atoms with Crippen LogP contribution in [0.5, 0.6) is 0 Å². The van der Waals surface area contributed by atoms with Crippen molar-refractivity contribution >= 4 is 11.3 Å². The first-order valence-electron chi connectivity index (χ1n) is 6.74. The Kier molecular flexibility index (Phi) is 3.40. The molecule has 3 rings (SSSR count). The second kappa shape index (κ2) is 5.21. The number of pyridine rings is 1. The molecule has 0 spiro atoms. The SMILES string of the molecule is CCn1c(C)cc(-c2csc(-c3ccccn3)n2)c1C. The van der Waals surface area contributed by atoms with Crippen molar-refractivity contribution in [1.29, 1.82) is 0 Å². The Hall–Kier alpha value is -1.94. The van der Waals surface area contributed by atoms with Crippen molar-refractivity contribution in [3.63, 3.8) is 0 Å². The quantitative estimate of drug-likeness (QED) is 0.717. The largest absolute Gasteiger partial charge is 0.349 e. The average molecular weight is 283 g/mol. The minimum absolute atomic E-state index is 0.938. The van der Waals surface area contributed by atoms with Gasteiger partial charge in [-0.25, -0.2) is 4.98 Å². The molecule has 3 nitrogen and oxygen atoms in total. The van der Waals surface area contributed by atoms with E-state index in [0.717, 1.165) is 22.9 Å². The fourth-order valence-corrected chi connectivity index (χ4v) is 3.35. The zero-order valence-corrected chi connectivity index (χ0v) is 12.7. The van der Waals surface area contributed by atoms with Crippen molar-refractivity contribution < 1.29 is 0 Å². The van der Waals surface area contributed by atoms with Crippen molar-refractivity contribution in [3.05, 3.63) is 47.2 Å². The third kappa shape index (κ3) is 2.16. The second-order valence-corrected chi connectivity index (χ2v) is 5.64. The van der Waals surface area contributed by atoms with Crippen LogP contribution in [0.15, 0.2) is 35.8 Å². The Morgan fingerprint density at radius 1 is 1.20 bits per heavy atom. The smallest absolute Gasteiger partial charge is 0.142 e. The van der Waals surface area contributed by atoms with E-state index < -0.39 is 0 Å². The monoisotopic (exact) mass is 283 g/mol. The zero-order chi connectivity index (χ0) is 14.1. The van der Waals surface area contributed by atoms with E-state index >= 15 is 0 Å². The van der Waals surface area contributed by atoms with E-state index in [9.17, 15) is 0 Å². The molecule has 0 fully saturated rings. The highest BCUT2D eigenvalue weighted by molar-refractivity contribution is 7.13. The van der Waals surface area contributed by atoms with Gasteiger partial charge in [0, 0.05) is 35.1 Å². The van der Waals surface area contributed by atoms with Gasteiger partial charge in [-0.2, -0.15) is 0 Å². The lowest BCUT2D eigenvalue weighted by Crippen LogP contribution is -1.98. The molecule has 0 unspecified atom stereocenters. The minimum atomic E-state index is 0.938. The van der Waals surface area contributed by atoms with Crippen LogP contribution in [-0.2, 0) is 6.54 Å². The van der Waals surface area contributed by atoms with Crippen molar-refractivity contribution in [3.8, 4) is 22.0 Å². The third-order valence-corrected chi connectivity index (χ3v) is 4.42. The molecule has 3 aromatic rings. The van der Waals surface area contributed by atoms with Crippen LogP contribution < -0.4 is 0 Å². The third-order valence-electron chi connectivity index (χ3n) is 3.55. The van der Waals surface area contributed by atoms with Gasteiger partial charge in [-0.1, -0.05) is 6.07 Å². The number of hydrogen-bond acceptors (Lipinski definition) is 3. The Labute approximate surface area is 123 Å². The number of aryl methyl sites for hydroxylation is 1. The number of rotatable bonds is 3. The van der Waals surface area contributed by atoms with E-state index in [-0.39, 0.29) is 0 Å². The molecule has 0 amide bonds. The van der Waals surface area contributed by atoms with Crippen LogP contribution in [0.2, 0.25) is 0 Å². The highest BCUT2D eigenvalue weighted by atomic mass is 32.1. The lowest BCUT2D eigenvalue weighted by atomic mass is 10.2. The number of aromatic nitrogens is 3.